The molecule has 3 rings (SSSR count). The Bertz CT molecular complexity index is 727. The summed E-state index contributed by atoms with van der Waals surface area (Å²) in [5, 5.41) is 13.9. The highest BCUT2D eigenvalue weighted by molar-refractivity contribution is 7.10. The van der Waals surface area contributed by atoms with Gasteiger partial charge in [0.05, 0.1) is 17.9 Å². The molecular formula is C19H25N3O2S. The van der Waals surface area contributed by atoms with Crippen molar-refractivity contribution < 1.29 is 9.90 Å². The highest BCUT2D eigenvalue weighted by atomic mass is 32.1. The minimum absolute atomic E-state index is 0.0460. The molecule has 134 valence electrons. The van der Waals surface area contributed by atoms with E-state index in [1.807, 2.05) is 11.6 Å². The smallest absolute Gasteiger partial charge is 0.252 e. The van der Waals surface area contributed by atoms with Crippen molar-refractivity contribution in [1.82, 2.24) is 15.2 Å². The van der Waals surface area contributed by atoms with Gasteiger partial charge in [0, 0.05) is 42.1 Å². The van der Waals surface area contributed by atoms with Crippen LogP contribution >= 0.6 is 11.3 Å². The Kier molecular flexibility index (Phi) is 5.83. The number of aryl methyl sites for hydroxylation is 1. The van der Waals surface area contributed by atoms with Crippen molar-refractivity contribution >= 4 is 17.2 Å². The van der Waals surface area contributed by atoms with Crippen molar-refractivity contribution in [3.8, 4) is 0 Å². The molecule has 0 unspecified atom stereocenters. The number of nitrogens with zero attached hydrogens (tertiary/aromatic N) is 2. The fourth-order valence-corrected chi connectivity index (χ4v) is 4.16. The first kappa shape index (κ1) is 18.0. The fraction of sp³-hybridized carbons (Fsp3) is 0.474. The number of rotatable bonds is 6. The van der Waals surface area contributed by atoms with E-state index in [-0.39, 0.29) is 18.6 Å². The predicted molar refractivity (Wildman–Crippen MR) is 99.8 cm³/mol. The van der Waals surface area contributed by atoms with Crippen molar-refractivity contribution in [2.24, 2.45) is 0 Å². The summed E-state index contributed by atoms with van der Waals surface area (Å²) in [6.07, 6.45) is 3.85. The van der Waals surface area contributed by atoms with Crippen LogP contribution in [0.5, 0.6) is 0 Å². The van der Waals surface area contributed by atoms with Crippen LogP contribution in [0.3, 0.4) is 0 Å². The number of amides is 1. The van der Waals surface area contributed by atoms with E-state index in [4.69, 9.17) is 5.11 Å². The number of aliphatic hydroxyl groups is 1. The molecule has 1 atom stereocenters. The summed E-state index contributed by atoms with van der Waals surface area (Å²) in [4.78, 5) is 20.5. The van der Waals surface area contributed by atoms with E-state index in [0.29, 0.717) is 0 Å². The number of carbonyl (C=O) groups excluding carboxylic acids is 1. The summed E-state index contributed by atoms with van der Waals surface area (Å²) in [6.45, 7) is 6.51. The fourth-order valence-electron chi connectivity index (χ4n) is 3.04. The lowest BCUT2D eigenvalue weighted by Crippen LogP contribution is -2.36. The summed E-state index contributed by atoms with van der Waals surface area (Å²) >= 11 is 1.65. The molecule has 3 heterocycles. The lowest BCUT2D eigenvalue weighted by atomic mass is 10.0. The van der Waals surface area contributed by atoms with Gasteiger partial charge in [0.25, 0.3) is 5.91 Å². The molecule has 0 fully saturated rings. The molecule has 25 heavy (non-hydrogen) atoms. The highest BCUT2D eigenvalue weighted by Crippen LogP contribution is 2.29. The average Bonchev–Trinajstić information content (AvgIpc) is 3.05. The Morgan fingerprint density at radius 3 is 3.00 bits per heavy atom. The molecule has 0 radical (unpaired) electrons. The topological polar surface area (TPSA) is 65.5 Å². The zero-order chi connectivity index (χ0) is 17.8. The van der Waals surface area contributed by atoms with Crippen molar-refractivity contribution in [1.29, 1.82) is 0 Å². The van der Waals surface area contributed by atoms with E-state index in [0.717, 1.165) is 49.3 Å². The molecule has 0 saturated carbocycles. The average molecular weight is 359 g/mol. The Morgan fingerprint density at radius 2 is 2.32 bits per heavy atom. The zero-order valence-electron chi connectivity index (χ0n) is 14.8. The first-order valence-corrected chi connectivity index (χ1v) is 9.65. The van der Waals surface area contributed by atoms with E-state index in [2.05, 4.69) is 34.3 Å². The predicted octanol–water partition coefficient (Wildman–Crippen LogP) is 2.37. The van der Waals surface area contributed by atoms with Crippen LogP contribution in [-0.4, -0.2) is 40.1 Å². The van der Waals surface area contributed by atoms with Gasteiger partial charge in [-0.2, -0.15) is 0 Å². The Hall–Kier alpha value is -1.76. The second-order valence-electron chi connectivity index (χ2n) is 6.58. The van der Waals surface area contributed by atoms with Crippen LogP contribution in [0.15, 0.2) is 23.7 Å². The summed E-state index contributed by atoms with van der Waals surface area (Å²) in [6, 6.07) is 4.03. The first-order valence-electron chi connectivity index (χ1n) is 8.77. The van der Waals surface area contributed by atoms with Crippen molar-refractivity contribution in [2.75, 3.05) is 13.2 Å². The number of aromatic nitrogens is 1. The number of aliphatic hydroxyl groups excluding tert-OH is 1. The standard InChI is InChI=1S/C19H25N3O2S/c1-3-14-4-5-15(20-8-14)9-22-7-6-16-17(12-25-18(16)10-22)19(24)21-13(2)11-23/h4-5,8,12-13,23H,3,6-7,9-11H2,1-2H3,(H,21,24)/t13-/m1/s1. The highest BCUT2D eigenvalue weighted by Gasteiger charge is 2.24. The molecule has 1 aliphatic rings. The van der Waals surface area contributed by atoms with E-state index in [1.54, 1.807) is 18.3 Å². The van der Waals surface area contributed by atoms with Crippen LogP contribution in [0.1, 0.15) is 45.9 Å². The van der Waals surface area contributed by atoms with Crippen LogP contribution in [0.25, 0.3) is 0 Å². The van der Waals surface area contributed by atoms with E-state index >= 15 is 0 Å². The summed E-state index contributed by atoms with van der Waals surface area (Å²) < 4.78 is 0. The Balaban J connectivity index is 1.65. The monoisotopic (exact) mass is 359 g/mol. The molecule has 6 heteroatoms. The number of thiophene rings is 1. The minimum Gasteiger partial charge on any atom is -0.394 e. The molecule has 2 aromatic rings. The molecule has 5 nitrogen and oxygen atoms in total. The van der Waals surface area contributed by atoms with Crippen molar-refractivity contribution in [3.63, 3.8) is 0 Å². The minimum atomic E-state index is -0.222. The second kappa shape index (κ2) is 8.08. The van der Waals surface area contributed by atoms with E-state index < -0.39 is 0 Å². The molecule has 0 aliphatic carbocycles. The van der Waals surface area contributed by atoms with Crippen LogP contribution in [0.4, 0.5) is 0 Å². The maximum absolute atomic E-state index is 12.3. The SMILES string of the molecule is CCc1ccc(CN2CCc3c(C(=O)N[C@H](C)CO)csc3C2)nc1. The number of nitrogens with one attached hydrogen (secondary N) is 1. The van der Waals surface area contributed by atoms with Crippen LogP contribution in [0.2, 0.25) is 0 Å². The van der Waals surface area contributed by atoms with Gasteiger partial charge in [-0.25, -0.2) is 0 Å². The number of pyridine rings is 1. The molecular weight excluding hydrogens is 334 g/mol. The first-order chi connectivity index (χ1) is 12.1. The molecule has 1 amide bonds. The zero-order valence-corrected chi connectivity index (χ0v) is 15.6. The third-order valence-corrected chi connectivity index (χ3v) is 5.62. The van der Waals surface area contributed by atoms with Crippen LogP contribution in [-0.2, 0) is 25.9 Å². The molecule has 0 saturated heterocycles. The van der Waals surface area contributed by atoms with Gasteiger partial charge in [-0.1, -0.05) is 13.0 Å². The quantitative estimate of drug-likeness (QED) is 0.831. The lowest BCUT2D eigenvalue weighted by molar-refractivity contribution is 0.0921. The Morgan fingerprint density at radius 1 is 1.48 bits per heavy atom. The second-order valence-corrected chi connectivity index (χ2v) is 7.54. The summed E-state index contributed by atoms with van der Waals surface area (Å²) in [5.41, 5.74) is 4.28. The van der Waals surface area contributed by atoms with Gasteiger partial charge in [0.2, 0.25) is 0 Å². The van der Waals surface area contributed by atoms with Crippen molar-refractivity contribution in [3.05, 3.63) is 51.0 Å². The molecule has 0 aromatic carbocycles. The van der Waals surface area contributed by atoms with Crippen LogP contribution < -0.4 is 5.32 Å². The molecule has 1 aliphatic heterocycles. The van der Waals surface area contributed by atoms with Crippen LogP contribution in [0, 0.1) is 0 Å². The summed E-state index contributed by atoms with van der Waals surface area (Å²) in [7, 11) is 0. The van der Waals surface area contributed by atoms with Gasteiger partial charge in [0.15, 0.2) is 0 Å². The third kappa shape index (κ3) is 4.26. The normalized spacial score (nSPS) is 15.6. The lowest BCUT2D eigenvalue weighted by Gasteiger charge is -2.27. The van der Waals surface area contributed by atoms with Gasteiger partial charge < -0.3 is 10.4 Å². The van der Waals surface area contributed by atoms with Crippen molar-refractivity contribution in [2.45, 2.75) is 45.8 Å². The summed E-state index contributed by atoms with van der Waals surface area (Å²) in [5.74, 6) is -0.0793. The third-order valence-electron chi connectivity index (χ3n) is 4.60. The van der Waals surface area contributed by atoms with Gasteiger partial charge >= 0.3 is 0 Å². The number of carbonyl (C=O) groups is 1. The van der Waals surface area contributed by atoms with Gasteiger partial charge in [0.1, 0.15) is 0 Å². The van der Waals surface area contributed by atoms with Gasteiger partial charge in [-0.15, -0.1) is 11.3 Å². The molecule has 0 bridgehead atoms. The molecule has 2 aromatic heterocycles. The largest absolute Gasteiger partial charge is 0.394 e. The van der Waals surface area contributed by atoms with Gasteiger partial charge in [-0.05, 0) is 37.0 Å². The number of hydrogen-bond donors (Lipinski definition) is 2. The van der Waals surface area contributed by atoms with Gasteiger partial charge in [-0.3, -0.25) is 14.7 Å². The molecule has 0 spiro atoms. The maximum Gasteiger partial charge on any atom is 0.252 e. The van der Waals surface area contributed by atoms with E-state index in [1.165, 1.54) is 10.4 Å². The van der Waals surface area contributed by atoms with E-state index in [9.17, 15) is 4.79 Å². The maximum atomic E-state index is 12.3. The molecule has 2 N–H and O–H groups in total. The Labute approximate surface area is 152 Å². The number of fused-ring (bicyclic) bond motifs is 1. The number of hydrogen-bond acceptors (Lipinski definition) is 5.